The van der Waals surface area contributed by atoms with Crippen molar-refractivity contribution in [3.8, 4) is 0 Å². The molecule has 11 N–H and O–H groups in total. The van der Waals surface area contributed by atoms with Gasteiger partial charge in [-0.15, -0.1) is 0 Å². The molecule has 0 aliphatic heterocycles. The lowest BCUT2D eigenvalue weighted by Crippen LogP contribution is -2.58. The van der Waals surface area contributed by atoms with Gasteiger partial charge in [-0.3, -0.25) is 33.8 Å². The first-order valence-electron chi connectivity index (χ1n) is 12.4. The molecule has 0 spiro atoms. The summed E-state index contributed by atoms with van der Waals surface area (Å²) in [6.07, 6.45) is -1.45. The maximum absolute atomic E-state index is 13.1. The lowest BCUT2D eigenvalue weighted by Gasteiger charge is -2.25. The predicted molar refractivity (Wildman–Crippen MR) is 152 cm³/mol. The second kappa shape index (κ2) is 21.0. The van der Waals surface area contributed by atoms with Crippen LogP contribution in [-0.2, 0) is 38.3 Å². The number of rotatable bonds is 22. The van der Waals surface area contributed by atoms with Crippen molar-refractivity contribution in [2.75, 3.05) is 31.7 Å². The van der Waals surface area contributed by atoms with Crippen molar-refractivity contribution in [2.24, 2.45) is 16.5 Å². The Balaban J connectivity index is 5.58. The van der Waals surface area contributed by atoms with E-state index in [1.54, 1.807) is 0 Å². The number of nitrogens with zero attached hydrogens (tertiary/aromatic N) is 1. The minimum absolute atomic E-state index is 0.0580. The quantitative estimate of drug-likeness (QED) is 0.0188. The van der Waals surface area contributed by atoms with Crippen LogP contribution in [-0.4, -0.2) is 119 Å². The maximum Gasteiger partial charge on any atom is 0.327 e. The monoisotopic (exact) mass is 639 g/mol. The number of aliphatic carboxylic acids is 3. The van der Waals surface area contributed by atoms with E-state index in [9.17, 15) is 43.8 Å². The van der Waals surface area contributed by atoms with Gasteiger partial charge >= 0.3 is 23.9 Å². The zero-order valence-corrected chi connectivity index (χ0v) is 24.6. The smallest absolute Gasteiger partial charge is 0.327 e. The topological polar surface area (TPSA) is 302 Å². The molecule has 0 aromatic carbocycles. The average molecular weight is 640 g/mol. The minimum Gasteiger partial charge on any atom is -0.481 e. The van der Waals surface area contributed by atoms with Crippen molar-refractivity contribution >= 4 is 69.1 Å². The van der Waals surface area contributed by atoms with Crippen LogP contribution in [0, 0.1) is 0 Å². The van der Waals surface area contributed by atoms with Crippen molar-refractivity contribution in [1.29, 1.82) is 0 Å². The largest absolute Gasteiger partial charge is 0.481 e. The SMILES string of the molecule is CN[C@H](CC(=O)O)C(=O)N[C@H](CCCN=C(N)N)C(=O)N[C@H](CC(=O)O)C(=O)N[C@@H](CSSCCOC(C)=O)C(=O)O. The number of carbonyl (C=O) groups is 7. The van der Waals surface area contributed by atoms with E-state index in [0.717, 1.165) is 10.8 Å². The zero-order valence-electron chi connectivity index (χ0n) is 23.0. The highest BCUT2D eigenvalue weighted by molar-refractivity contribution is 8.76. The number of carboxylic acids is 3. The Morgan fingerprint density at radius 2 is 1.33 bits per heavy atom. The molecule has 238 valence electrons. The third-order valence-electron chi connectivity index (χ3n) is 5.04. The Morgan fingerprint density at radius 1 is 0.810 bits per heavy atom. The lowest BCUT2D eigenvalue weighted by atomic mass is 10.1. The number of aliphatic imine (C=N–C) groups is 1. The Hall–Kier alpha value is -3.78. The van der Waals surface area contributed by atoms with Crippen molar-refractivity contribution in [3.05, 3.63) is 0 Å². The van der Waals surface area contributed by atoms with Crippen molar-refractivity contribution in [2.45, 2.75) is 56.8 Å². The molecule has 0 bridgehead atoms. The van der Waals surface area contributed by atoms with Crippen molar-refractivity contribution in [3.63, 3.8) is 0 Å². The van der Waals surface area contributed by atoms with Gasteiger partial charge in [0, 0.05) is 25.0 Å². The number of carbonyl (C=O) groups excluding carboxylic acids is 4. The molecule has 0 saturated heterocycles. The molecule has 0 fully saturated rings. The molecule has 0 aliphatic rings. The molecular formula is C22H37N7O11S2. The minimum atomic E-state index is -1.73. The Labute approximate surface area is 248 Å². The summed E-state index contributed by atoms with van der Waals surface area (Å²) < 4.78 is 4.76. The van der Waals surface area contributed by atoms with E-state index in [4.69, 9.17) is 21.3 Å². The number of nitrogens with one attached hydrogen (secondary N) is 4. The number of guanidine groups is 1. The number of nitrogens with two attached hydrogens (primary N) is 2. The number of esters is 1. The van der Waals surface area contributed by atoms with Crippen LogP contribution in [0.2, 0.25) is 0 Å². The Kier molecular flexibility index (Phi) is 19.1. The summed E-state index contributed by atoms with van der Waals surface area (Å²) in [5.41, 5.74) is 10.6. The summed E-state index contributed by atoms with van der Waals surface area (Å²) in [4.78, 5) is 87.3. The van der Waals surface area contributed by atoms with Crippen molar-refractivity contribution < 1.29 is 53.6 Å². The van der Waals surface area contributed by atoms with Crippen LogP contribution in [0.4, 0.5) is 0 Å². The van der Waals surface area contributed by atoms with Crippen molar-refractivity contribution in [1.82, 2.24) is 21.3 Å². The van der Waals surface area contributed by atoms with E-state index < -0.39 is 78.6 Å². The molecule has 0 aromatic rings. The molecule has 3 amide bonds. The normalized spacial score (nSPS) is 13.4. The first-order valence-corrected chi connectivity index (χ1v) is 14.8. The van der Waals surface area contributed by atoms with E-state index in [-0.39, 0.29) is 37.7 Å². The Bertz CT molecular complexity index is 996. The third kappa shape index (κ3) is 17.8. The van der Waals surface area contributed by atoms with Crippen LogP contribution >= 0.6 is 21.6 Å². The molecule has 0 rings (SSSR count). The van der Waals surface area contributed by atoms with E-state index in [0.29, 0.717) is 5.75 Å². The van der Waals surface area contributed by atoms with Gasteiger partial charge in [0.2, 0.25) is 17.7 Å². The number of ether oxygens (including phenoxy) is 1. The van der Waals surface area contributed by atoms with Gasteiger partial charge in [-0.05, 0) is 19.9 Å². The van der Waals surface area contributed by atoms with Gasteiger partial charge in [0.15, 0.2) is 5.96 Å². The van der Waals surface area contributed by atoms with Gasteiger partial charge in [0.1, 0.15) is 24.7 Å². The van der Waals surface area contributed by atoms with E-state index >= 15 is 0 Å². The number of amides is 3. The number of carboxylic acid groups (broad SMARTS) is 3. The molecule has 4 atom stereocenters. The van der Waals surface area contributed by atoms with Crippen LogP contribution in [0.25, 0.3) is 0 Å². The van der Waals surface area contributed by atoms with E-state index in [2.05, 4.69) is 26.3 Å². The second-order valence-electron chi connectivity index (χ2n) is 8.45. The number of hydrogen-bond donors (Lipinski definition) is 9. The predicted octanol–water partition coefficient (Wildman–Crippen LogP) is -2.94. The molecule has 0 aromatic heterocycles. The van der Waals surface area contributed by atoms with Gasteiger partial charge in [-0.25, -0.2) is 4.79 Å². The fraction of sp³-hybridized carbons (Fsp3) is 0.636. The van der Waals surface area contributed by atoms with Gasteiger partial charge in [0.05, 0.1) is 18.9 Å². The molecule has 18 nitrogen and oxygen atoms in total. The molecule has 42 heavy (non-hydrogen) atoms. The first kappa shape index (κ1) is 38.2. The average Bonchev–Trinajstić information content (AvgIpc) is 2.88. The summed E-state index contributed by atoms with van der Waals surface area (Å²) in [6, 6.07) is -5.76. The van der Waals surface area contributed by atoms with Crippen LogP contribution in [0.1, 0.15) is 32.6 Å². The van der Waals surface area contributed by atoms with Gasteiger partial charge in [-0.1, -0.05) is 21.6 Å². The van der Waals surface area contributed by atoms with Crippen LogP contribution in [0.3, 0.4) is 0 Å². The molecule has 0 unspecified atom stereocenters. The molecule has 0 radical (unpaired) electrons. The Morgan fingerprint density at radius 3 is 1.86 bits per heavy atom. The van der Waals surface area contributed by atoms with E-state index in [1.165, 1.54) is 24.8 Å². The fourth-order valence-corrected chi connectivity index (χ4v) is 5.02. The lowest BCUT2D eigenvalue weighted by molar-refractivity contribution is -0.143. The van der Waals surface area contributed by atoms with Crippen LogP contribution < -0.4 is 32.7 Å². The summed E-state index contributed by atoms with van der Waals surface area (Å²) in [5, 5.41) is 37.1. The van der Waals surface area contributed by atoms with Gasteiger partial charge in [0.25, 0.3) is 0 Å². The highest BCUT2D eigenvalue weighted by atomic mass is 33.1. The van der Waals surface area contributed by atoms with E-state index in [1.807, 2.05) is 0 Å². The molecule has 0 heterocycles. The molecule has 0 aliphatic carbocycles. The molecule has 20 heteroatoms. The standard InChI is InChI=1S/C22H37N7O11S2/c1-11(30)40-6-7-41-42-10-15(21(38)39)29-20(37)14(9-17(33)34)28-18(35)12(4-3-5-26-22(23)24)27-19(36)13(25-2)8-16(31)32/h12-15,25H,3-10H2,1-2H3,(H,27,36)(H,28,35)(H,29,37)(H,31,32)(H,33,34)(H,38,39)(H4,23,24,26)/t12-,13-,14-,15+/m1/s1. The number of likely N-dealkylation sites (N-methyl/N-ethyl adjacent to an activating group) is 1. The first-order chi connectivity index (χ1) is 19.7. The highest BCUT2D eigenvalue weighted by Crippen LogP contribution is 2.22. The summed E-state index contributed by atoms with van der Waals surface area (Å²) in [5.74, 6) is -7.61. The summed E-state index contributed by atoms with van der Waals surface area (Å²) in [7, 11) is 3.58. The van der Waals surface area contributed by atoms with Gasteiger partial charge < -0.3 is 52.8 Å². The van der Waals surface area contributed by atoms with Gasteiger partial charge in [-0.2, -0.15) is 0 Å². The molecular weight excluding hydrogens is 602 g/mol. The van der Waals surface area contributed by atoms with Crippen LogP contribution in [0.15, 0.2) is 4.99 Å². The summed E-state index contributed by atoms with van der Waals surface area (Å²) in [6.45, 7) is 1.39. The summed E-state index contributed by atoms with van der Waals surface area (Å²) >= 11 is 0. The maximum atomic E-state index is 13.1. The van der Waals surface area contributed by atoms with Crippen LogP contribution in [0.5, 0.6) is 0 Å². The fourth-order valence-electron chi connectivity index (χ4n) is 3.04. The molecule has 0 saturated carbocycles. The second-order valence-corrected chi connectivity index (χ2v) is 11.1. The number of hydrogen-bond acceptors (Lipinski definition) is 12. The highest BCUT2D eigenvalue weighted by Gasteiger charge is 2.32. The zero-order chi connectivity index (χ0) is 32.2. The third-order valence-corrected chi connectivity index (χ3v) is 7.42.